The first kappa shape index (κ1) is 25.1. The maximum atomic E-state index is 13.4. The van der Waals surface area contributed by atoms with Crippen LogP contribution in [0, 0.1) is 0 Å². The van der Waals surface area contributed by atoms with Crippen LogP contribution in [0.25, 0.3) is 0 Å². The molecule has 0 spiro atoms. The summed E-state index contributed by atoms with van der Waals surface area (Å²) >= 11 is 0. The van der Waals surface area contributed by atoms with Gasteiger partial charge in [0.1, 0.15) is 0 Å². The molecular weight excluding hydrogens is 434 g/mol. The Morgan fingerprint density at radius 2 is 1.97 bits per heavy atom. The first-order chi connectivity index (χ1) is 15.3. The Morgan fingerprint density at radius 3 is 2.69 bits per heavy atom. The van der Waals surface area contributed by atoms with Crippen LogP contribution in [0.2, 0.25) is 0 Å². The van der Waals surface area contributed by atoms with Gasteiger partial charge in [0.2, 0.25) is 15.9 Å². The van der Waals surface area contributed by atoms with Gasteiger partial charge in [-0.05, 0) is 52.0 Å². The number of fused-ring (bicyclic) bond motifs is 1. The van der Waals surface area contributed by atoms with Crippen molar-refractivity contribution in [3.8, 4) is 0 Å². The number of aliphatic hydroxyl groups excluding tert-OH is 1. The molecule has 180 valence electrons. The van der Waals surface area contributed by atoms with E-state index in [0.29, 0.717) is 19.4 Å². The molecule has 10 heteroatoms. The number of ether oxygens (including phenoxy) is 2. The van der Waals surface area contributed by atoms with E-state index in [1.54, 1.807) is 30.3 Å². The Bertz CT molecular complexity index is 835. The average molecular weight is 470 g/mol. The maximum Gasteiger partial charge on any atom is 0.243 e. The van der Waals surface area contributed by atoms with Gasteiger partial charge in [-0.1, -0.05) is 18.2 Å². The van der Waals surface area contributed by atoms with Crippen LogP contribution < -0.4 is 5.32 Å². The average Bonchev–Trinajstić information content (AvgIpc) is 2.75. The Balaban J connectivity index is 1.65. The number of carbonyl (C=O) groups excluding carboxylic acids is 1. The van der Waals surface area contributed by atoms with Gasteiger partial charge in [-0.2, -0.15) is 4.31 Å². The van der Waals surface area contributed by atoms with Crippen molar-refractivity contribution in [3.63, 3.8) is 0 Å². The molecule has 0 bridgehead atoms. The second-order valence-corrected chi connectivity index (χ2v) is 10.6. The Hall–Kier alpha value is -1.56. The molecule has 32 heavy (non-hydrogen) atoms. The number of hydrogen-bond donors (Lipinski definition) is 2. The molecule has 0 aliphatic carbocycles. The minimum atomic E-state index is -3.81. The van der Waals surface area contributed by atoms with Crippen molar-refractivity contribution < 1.29 is 27.8 Å². The molecular formula is C22H35N3O6S. The van der Waals surface area contributed by atoms with Gasteiger partial charge < -0.3 is 24.8 Å². The highest BCUT2D eigenvalue weighted by Crippen LogP contribution is 2.31. The van der Waals surface area contributed by atoms with Crippen LogP contribution in [-0.4, -0.2) is 99.9 Å². The Morgan fingerprint density at radius 1 is 1.22 bits per heavy atom. The van der Waals surface area contributed by atoms with E-state index in [4.69, 9.17) is 9.47 Å². The predicted octanol–water partition coefficient (Wildman–Crippen LogP) is 0.443. The molecule has 2 heterocycles. The zero-order valence-corrected chi connectivity index (χ0v) is 19.7. The van der Waals surface area contributed by atoms with E-state index >= 15 is 0 Å². The highest BCUT2D eigenvalue weighted by Gasteiger charge is 2.43. The first-order valence-electron chi connectivity index (χ1n) is 11.2. The van der Waals surface area contributed by atoms with Crippen molar-refractivity contribution in [2.24, 2.45) is 0 Å². The Labute approximate surface area is 190 Å². The summed E-state index contributed by atoms with van der Waals surface area (Å²) in [6.07, 6.45) is 0.492. The topological polar surface area (TPSA) is 108 Å². The van der Waals surface area contributed by atoms with E-state index in [1.165, 1.54) is 4.31 Å². The van der Waals surface area contributed by atoms with Crippen LogP contribution in [-0.2, 0) is 24.3 Å². The molecule has 1 aromatic rings. The highest BCUT2D eigenvalue weighted by molar-refractivity contribution is 7.89. The van der Waals surface area contributed by atoms with Crippen LogP contribution in [0.3, 0.4) is 0 Å². The lowest BCUT2D eigenvalue weighted by Gasteiger charge is -2.43. The van der Waals surface area contributed by atoms with Gasteiger partial charge in [-0.15, -0.1) is 0 Å². The fraction of sp³-hybridized carbons (Fsp3) is 0.682. The first-order valence-corrected chi connectivity index (χ1v) is 12.6. The third-order valence-corrected chi connectivity index (χ3v) is 7.71. The lowest BCUT2D eigenvalue weighted by Crippen LogP contribution is -2.57. The molecule has 1 amide bonds. The molecule has 2 N–H and O–H groups in total. The van der Waals surface area contributed by atoms with E-state index in [1.807, 2.05) is 14.1 Å². The minimum Gasteiger partial charge on any atom is -0.389 e. The van der Waals surface area contributed by atoms with E-state index < -0.39 is 28.3 Å². The SMILES string of the molecule is CN(C)CCCNC(=O)C[C@@H]1CC[C@H]2[C@@H](COC[C@H](O)CN2S(=O)(=O)c2ccccc2)O1. The number of β-amino-alcohol motifs (C(OH)–C–C–N with tert-alkyl or cyclic N) is 1. The van der Waals surface area contributed by atoms with Gasteiger partial charge >= 0.3 is 0 Å². The molecule has 2 aliphatic rings. The van der Waals surface area contributed by atoms with E-state index in [9.17, 15) is 18.3 Å². The monoisotopic (exact) mass is 469 g/mol. The number of rotatable bonds is 8. The Kier molecular flexibility index (Phi) is 9.04. The summed E-state index contributed by atoms with van der Waals surface area (Å²) in [6, 6.07) is 7.77. The summed E-state index contributed by atoms with van der Waals surface area (Å²) in [7, 11) is 0.170. The molecule has 0 radical (unpaired) electrons. The van der Waals surface area contributed by atoms with Crippen molar-refractivity contribution in [2.45, 2.75) is 54.9 Å². The normalized spacial score (nSPS) is 27.4. The number of carbonyl (C=O) groups is 1. The smallest absolute Gasteiger partial charge is 0.243 e. The molecule has 0 aromatic heterocycles. The number of nitrogens with zero attached hydrogens (tertiary/aromatic N) is 2. The van der Waals surface area contributed by atoms with Crippen molar-refractivity contribution in [2.75, 3.05) is 46.9 Å². The third kappa shape index (κ3) is 6.72. The molecule has 3 rings (SSSR count). The summed E-state index contributed by atoms with van der Waals surface area (Å²) < 4.78 is 39.8. The minimum absolute atomic E-state index is 0.0322. The van der Waals surface area contributed by atoms with Crippen LogP contribution in [0.1, 0.15) is 25.7 Å². The highest BCUT2D eigenvalue weighted by atomic mass is 32.2. The van der Waals surface area contributed by atoms with Gasteiger partial charge in [0.05, 0.1) is 48.9 Å². The number of nitrogens with one attached hydrogen (secondary N) is 1. The summed E-state index contributed by atoms with van der Waals surface area (Å²) in [4.78, 5) is 14.6. The second kappa shape index (κ2) is 11.5. The third-order valence-electron chi connectivity index (χ3n) is 5.80. The molecule has 0 saturated carbocycles. The number of benzene rings is 1. The van der Waals surface area contributed by atoms with Crippen LogP contribution in [0.15, 0.2) is 35.2 Å². The fourth-order valence-electron chi connectivity index (χ4n) is 4.20. The molecule has 2 fully saturated rings. The molecule has 1 aromatic carbocycles. The molecule has 9 nitrogen and oxygen atoms in total. The van der Waals surface area contributed by atoms with Gasteiger partial charge in [-0.25, -0.2) is 8.42 Å². The van der Waals surface area contributed by atoms with E-state index in [0.717, 1.165) is 13.0 Å². The predicted molar refractivity (Wildman–Crippen MR) is 120 cm³/mol. The lowest BCUT2D eigenvalue weighted by molar-refractivity contribution is -0.146. The summed E-state index contributed by atoms with van der Waals surface area (Å²) in [6.45, 7) is 1.66. The lowest BCUT2D eigenvalue weighted by atomic mass is 9.96. The number of sulfonamides is 1. The van der Waals surface area contributed by atoms with Gasteiger partial charge in [0, 0.05) is 13.1 Å². The van der Waals surface area contributed by atoms with Crippen LogP contribution >= 0.6 is 0 Å². The van der Waals surface area contributed by atoms with Gasteiger partial charge in [0.25, 0.3) is 0 Å². The largest absolute Gasteiger partial charge is 0.389 e. The quantitative estimate of drug-likeness (QED) is 0.532. The maximum absolute atomic E-state index is 13.4. The zero-order chi connectivity index (χ0) is 23.1. The fourth-order valence-corrected chi connectivity index (χ4v) is 5.94. The standard InChI is InChI=1S/C22H35N3O6S/c1-24(2)12-6-11-23-22(27)13-18-9-10-20-21(31-18)16-30-15-17(26)14-25(20)32(28,29)19-7-4-3-5-8-19/h3-5,7-8,17-18,20-21,26H,6,9-16H2,1-2H3,(H,23,27)/t17-,18+,20+,21-/m1/s1. The summed E-state index contributed by atoms with van der Waals surface area (Å²) in [5.74, 6) is -0.0665. The van der Waals surface area contributed by atoms with Crippen molar-refractivity contribution >= 4 is 15.9 Å². The van der Waals surface area contributed by atoms with E-state index in [-0.39, 0.29) is 43.1 Å². The molecule has 4 atom stereocenters. The molecule has 2 saturated heterocycles. The zero-order valence-electron chi connectivity index (χ0n) is 18.9. The number of aliphatic hydroxyl groups is 1. The van der Waals surface area contributed by atoms with Crippen molar-refractivity contribution in [1.29, 1.82) is 0 Å². The summed E-state index contributed by atoms with van der Waals surface area (Å²) in [5, 5.41) is 13.2. The van der Waals surface area contributed by atoms with Crippen molar-refractivity contribution in [3.05, 3.63) is 30.3 Å². The summed E-state index contributed by atoms with van der Waals surface area (Å²) in [5.41, 5.74) is 0. The molecule has 0 unspecified atom stereocenters. The van der Waals surface area contributed by atoms with Crippen molar-refractivity contribution in [1.82, 2.24) is 14.5 Å². The number of amides is 1. The van der Waals surface area contributed by atoms with E-state index in [2.05, 4.69) is 10.2 Å². The van der Waals surface area contributed by atoms with Crippen LogP contribution in [0.4, 0.5) is 0 Å². The number of hydrogen-bond acceptors (Lipinski definition) is 7. The second-order valence-electron chi connectivity index (χ2n) is 8.73. The molecule has 2 aliphatic heterocycles. The van der Waals surface area contributed by atoms with Gasteiger partial charge in [-0.3, -0.25) is 4.79 Å². The van der Waals surface area contributed by atoms with Gasteiger partial charge in [0.15, 0.2) is 0 Å². The van der Waals surface area contributed by atoms with Crippen LogP contribution in [0.5, 0.6) is 0 Å².